The van der Waals surface area contributed by atoms with Gasteiger partial charge in [0.2, 0.25) is 12.3 Å². The van der Waals surface area contributed by atoms with Gasteiger partial charge < -0.3 is 15.4 Å². The Morgan fingerprint density at radius 3 is 2.50 bits per heavy atom. The van der Waals surface area contributed by atoms with E-state index in [-0.39, 0.29) is 24.2 Å². The Labute approximate surface area is 241 Å². The molecule has 4 aromatic rings. The van der Waals surface area contributed by atoms with E-state index < -0.39 is 12.0 Å². The summed E-state index contributed by atoms with van der Waals surface area (Å²) in [5.74, 6) is -0.656. The van der Waals surface area contributed by atoms with Crippen LogP contribution in [0.25, 0.3) is 0 Å². The third kappa shape index (κ3) is 7.55. The molecule has 0 bridgehead atoms. The number of anilines is 1. The van der Waals surface area contributed by atoms with E-state index >= 15 is 0 Å². The molecular weight excluding hydrogens is 554 g/mol. The van der Waals surface area contributed by atoms with Crippen molar-refractivity contribution in [2.45, 2.75) is 38.6 Å². The lowest BCUT2D eigenvalue weighted by atomic mass is 9.87. The molecule has 0 aliphatic carbocycles. The van der Waals surface area contributed by atoms with Crippen LogP contribution in [0.4, 0.5) is 10.1 Å². The minimum atomic E-state index is -0.452. The summed E-state index contributed by atoms with van der Waals surface area (Å²) in [6.45, 7) is 3.67. The second kappa shape index (κ2) is 13.4. The molecule has 2 amide bonds. The highest BCUT2D eigenvalue weighted by Crippen LogP contribution is 2.37. The van der Waals surface area contributed by atoms with Crippen LogP contribution < -0.4 is 15.4 Å². The minimum Gasteiger partial charge on any atom is -0.424 e. The van der Waals surface area contributed by atoms with Crippen molar-refractivity contribution in [2.24, 2.45) is 0 Å². The number of aromatic nitrogens is 2. The van der Waals surface area contributed by atoms with E-state index in [4.69, 9.17) is 27.9 Å². The van der Waals surface area contributed by atoms with Crippen molar-refractivity contribution in [1.82, 2.24) is 15.3 Å². The van der Waals surface area contributed by atoms with E-state index in [1.54, 1.807) is 67.8 Å². The lowest BCUT2D eigenvalue weighted by Crippen LogP contribution is -2.29. The van der Waals surface area contributed by atoms with E-state index in [2.05, 4.69) is 20.6 Å². The van der Waals surface area contributed by atoms with Crippen LogP contribution >= 0.6 is 23.2 Å². The van der Waals surface area contributed by atoms with Gasteiger partial charge in [-0.15, -0.1) is 0 Å². The lowest BCUT2D eigenvalue weighted by Gasteiger charge is -2.23. The number of ether oxygens (including phenoxy) is 1. The van der Waals surface area contributed by atoms with Crippen molar-refractivity contribution < 1.29 is 18.7 Å². The molecule has 10 heteroatoms. The number of nitrogens with one attached hydrogen (secondary N) is 2. The van der Waals surface area contributed by atoms with Crippen LogP contribution in [0.15, 0.2) is 73.1 Å². The van der Waals surface area contributed by atoms with Gasteiger partial charge in [0.25, 0.3) is 0 Å². The highest BCUT2D eigenvalue weighted by Gasteiger charge is 2.24. The third-order valence-corrected chi connectivity index (χ3v) is 6.89. The number of benzene rings is 3. The summed E-state index contributed by atoms with van der Waals surface area (Å²) in [7, 11) is 0. The molecule has 206 valence electrons. The first kappa shape index (κ1) is 29.0. The number of halogens is 3. The highest BCUT2D eigenvalue weighted by molar-refractivity contribution is 6.31. The highest BCUT2D eigenvalue weighted by atomic mass is 35.5. The fourth-order valence-electron chi connectivity index (χ4n) is 4.53. The van der Waals surface area contributed by atoms with E-state index in [0.717, 1.165) is 11.1 Å². The van der Waals surface area contributed by atoms with E-state index in [9.17, 15) is 14.0 Å². The summed E-state index contributed by atoms with van der Waals surface area (Å²) in [4.78, 5) is 33.0. The number of amides is 2. The van der Waals surface area contributed by atoms with Gasteiger partial charge in [-0.05, 0) is 85.5 Å². The smallest absolute Gasteiger partial charge is 0.321 e. The van der Waals surface area contributed by atoms with E-state index in [0.29, 0.717) is 45.4 Å². The van der Waals surface area contributed by atoms with Crippen molar-refractivity contribution in [1.29, 1.82) is 0 Å². The predicted octanol–water partition coefficient (Wildman–Crippen LogP) is 7.19. The molecule has 0 saturated carbocycles. The average Bonchev–Trinajstić information content (AvgIpc) is 2.92. The Hall–Kier alpha value is -4.01. The van der Waals surface area contributed by atoms with Gasteiger partial charge in [0.1, 0.15) is 11.6 Å². The molecule has 2 atom stereocenters. The number of aryl methyl sites for hydroxylation is 1. The number of hydrogen-bond donors (Lipinski definition) is 2. The zero-order chi connectivity index (χ0) is 28.6. The molecule has 1 heterocycles. The molecule has 3 aromatic carbocycles. The van der Waals surface area contributed by atoms with Gasteiger partial charge in [-0.3, -0.25) is 9.59 Å². The van der Waals surface area contributed by atoms with Gasteiger partial charge >= 0.3 is 6.01 Å². The number of nitrogens with zero attached hydrogens (tertiary/aromatic N) is 2. The van der Waals surface area contributed by atoms with Crippen molar-refractivity contribution >= 4 is 41.2 Å². The topological polar surface area (TPSA) is 93.2 Å². The molecular formula is C30H27Cl2FN4O3. The zero-order valence-electron chi connectivity index (χ0n) is 21.8. The summed E-state index contributed by atoms with van der Waals surface area (Å²) in [6.07, 6.45) is 4.06. The van der Waals surface area contributed by atoms with Gasteiger partial charge in [0.05, 0.1) is 6.04 Å². The predicted molar refractivity (Wildman–Crippen MR) is 153 cm³/mol. The first-order chi connectivity index (χ1) is 19.2. The summed E-state index contributed by atoms with van der Waals surface area (Å²) in [5.41, 5.74) is 3.48. The van der Waals surface area contributed by atoms with Crippen LogP contribution in [-0.4, -0.2) is 22.3 Å². The maximum absolute atomic E-state index is 13.9. The molecule has 2 unspecified atom stereocenters. The second-order valence-corrected chi connectivity index (χ2v) is 10.1. The third-order valence-electron chi connectivity index (χ3n) is 6.42. The Balaban J connectivity index is 1.69. The van der Waals surface area contributed by atoms with Gasteiger partial charge in [-0.25, -0.2) is 14.4 Å². The molecule has 4 rings (SSSR count). The average molecular weight is 581 g/mol. The van der Waals surface area contributed by atoms with Crippen LogP contribution in [0.2, 0.25) is 10.0 Å². The number of hydrogen-bond acceptors (Lipinski definition) is 5. The summed E-state index contributed by atoms with van der Waals surface area (Å²) in [5, 5.41) is 6.57. The van der Waals surface area contributed by atoms with Crippen LogP contribution in [0, 0.1) is 12.7 Å². The molecule has 7 nitrogen and oxygen atoms in total. The molecule has 0 fully saturated rings. The van der Waals surface area contributed by atoms with Crippen molar-refractivity contribution in [3.05, 3.63) is 111 Å². The van der Waals surface area contributed by atoms with E-state index in [1.807, 2.05) is 6.92 Å². The van der Waals surface area contributed by atoms with Gasteiger partial charge in [0.15, 0.2) is 0 Å². The maximum Gasteiger partial charge on any atom is 0.321 e. The van der Waals surface area contributed by atoms with Crippen LogP contribution in [0.1, 0.15) is 47.6 Å². The Kier molecular flexibility index (Phi) is 9.69. The molecule has 1 aromatic heterocycles. The number of carbonyl (C=O) groups excluding carboxylic acids is 2. The summed E-state index contributed by atoms with van der Waals surface area (Å²) >= 11 is 12.6. The molecule has 0 spiro atoms. The number of carbonyl (C=O) groups is 2. The second-order valence-electron chi connectivity index (χ2n) is 9.27. The molecule has 0 aliphatic rings. The van der Waals surface area contributed by atoms with Gasteiger partial charge in [-0.2, -0.15) is 0 Å². The molecule has 2 N–H and O–H groups in total. The summed E-state index contributed by atoms with van der Waals surface area (Å²) in [6, 6.07) is 16.1. The van der Waals surface area contributed by atoms with Gasteiger partial charge in [-0.1, -0.05) is 35.3 Å². The molecule has 0 saturated heterocycles. The fourth-order valence-corrected chi connectivity index (χ4v) is 4.88. The lowest BCUT2D eigenvalue weighted by molar-refractivity contribution is -0.122. The van der Waals surface area contributed by atoms with Crippen LogP contribution in [0.5, 0.6) is 11.8 Å². The quantitative estimate of drug-likeness (QED) is 0.183. The zero-order valence-corrected chi connectivity index (χ0v) is 23.3. The Morgan fingerprint density at radius 2 is 1.75 bits per heavy atom. The molecule has 0 radical (unpaired) electrons. The first-order valence-corrected chi connectivity index (χ1v) is 13.3. The van der Waals surface area contributed by atoms with Gasteiger partial charge in [0, 0.05) is 46.0 Å². The standard InChI is InChI=1S/C30H27Cl2FN4O3/c1-18-4-8-24(33)16-25(18)19(2)37-29(39)13-21(12-20-5-6-23(32)15-27(20)36-17-38)26-14-22(31)7-9-28(26)40-30-34-10-3-11-35-30/h3-11,14-17,19,21H,12-13H2,1-2H3,(H,36,38)(H,37,39). The fraction of sp³-hybridized carbons (Fsp3) is 0.200. The molecule has 40 heavy (non-hydrogen) atoms. The van der Waals surface area contributed by atoms with E-state index in [1.165, 1.54) is 12.1 Å². The Morgan fingerprint density at radius 1 is 1.02 bits per heavy atom. The number of rotatable bonds is 11. The van der Waals surface area contributed by atoms with Crippen LogP contribution in [-0.2, 0) is 16.0 Å². The first-order valence-electron chi connectivity index (χ1n) is 12.5. The normalized spacial score (nSPS) is 12.3. The van der Waals surface area contributed by atoms with Crippen molar-refractivity contribution in [3.8, 4) is 11.8 Å². The monoisotopic (exact) mass is 580 g/mol. The summed E-state index contributed by atoms with van der Waals surface area (Å²) < 4.78 is 19.9. The maximum atomic E-state index is 13.9. The van der Waals surface area contributed by atoms with Crippen molar-refractivity contribution in [3.63, 3.8) is 0 Å². The minimum absolute atomic E-state index is 0.0359. The van der Waals surface area contributed by atoms with Crippen molar-refractivity contribution in [2.75, 3.05) is 5.32 Å². The SMILES string of the molecule is Cc1ccc(F)cc1C(C)NC(=O)CC(Cc1ccc(Cl)cc1NC=O)c1cc(Cl)ccc1Oc1ncccn1. The molecule has 0 aliphatic heterocycles. The largest absolute Gasteiger partial charge is 0.424 e. The Bertz CT molecular complexity index is 1500. The van der Waals surface area contributed by atoms with Crippen LogP contribution in [0.3, 0.4) is 0 Å².